The molecule has 1 aliphatic heterocycles. The Kier molecular flexibility index (Phi) is 6.96. The van der Waals surface area contributed by atoms with Crippen LogP contribution in [-0.4, -0.2) is 54.0 Å². The van der Waals surface area contributed by atoms with Crippen molar-refractivity contribution in [2.24, 2.45) is 11.8 Å². The van der Waals surface area contributed by atoms with Crippen LogP contribution in [-0.2, 0) is 9.59 Å². The minimum atomic E-state index is -0.925. The van der Waals surface area contributed by atoms with E-state index < -0.39 is 17.8 Å². The summed E-state index contributed by atoms with van der Waals surface area (Å²) in [6.45, 7) is 4.75. The molecule has 0 radical (unpaired) electrons. The van der Waals surface area contributed by atoms with Gasteiger partial charge in [0.25, 0.3) is 5.91 Å². The standard InChI is InChI=1S/C26H31N3O4/c1-18-7-6-8-19(17-18)28-13-15-29(16-14-28)25(31)22-11-4-5-12-23(22)27-24(30)20-9-2-3-10-21(20)26(32)33/h4-8,11-12,17,20-21H,2-3,9-10,13-16H2,1H3,(H,27,30)(H,32,33)/t20-,21+/m1/s1. The average molecular weight is 450 g/mol. The number of aliphatic carboxylic acids is 1. The first kappa shape index (κ1) is 22.8. The monoisotopic (exact) mass is 449 g/mol. The first-order valence-corrected chi connectivity index (χ1v) is 11.7. The summed E-state index contributed by atoms with van der Waals surface area (Å²) >= 11 is 0. The molecule has 1 saturated carbocycles. The van der Waals surface area contributed by atoms with Gasteiger partial charge in [-0.05, 0) is 49.6 Å². The molecule has 1 aliphatic carbocycles. The Labute approximate surface area is 194 Å². The molecular formula is C26H31N3O4. The van der Waals surface area contributed by atoms with Gasteiger partial charge in [-0.15, -0.1) is 0 Å². The van der Waals surface area contributed by atoms with Crippen LogP contribution in [0.1, 0.15) is 41.6 Å². The zero-order chi connectivity index (χ0) is 23.4. The average Bonchev–Trinajstić information content (AvgIpc) is 2.84. The predicted molar refractivity (Wildman–Crippen MR) is 127 cm³/mol. The number of rotatable bonds is 5. The summed E-state index contributed by atoms with van der Waals surface area (Å²) in [7, 11) is 0. The van der Waals surface area contributed by atoms with E-state index in [2.05, 4.69) is 35.3 Å². The van der Waals surface area contributed by atoms with E-state index in [1.165, 1.54) is 5.56 Å². The van der Waals surface area contributed by atoms with Crippen LogP contribution in [0.4, 0.5) is 11.4 Å². The summed E-state index contributed by atoms with van der Waals surface area (Å²) in [5.74, 6) is -2.60. The lowest BCUT2D eigenvalue weighted by Crippen LogP contribution is -2.49. The van der Waals surface area contributed by atoms with E-state index in [9.17, 15) is 19.5 Å². The van der Waals surface area contributed by atoms with E-state index in [1.807, 2.05) is 11.0 Å². The second kappa shape index (κ2) is 10.1. The van der Waals surface area contributed by atoms with E-state index in [0.29, 0.717) is 37.2 Å². The number of nitrogens with one attached hydrogen (secondary N) is 1. The van der Waals surface area contributed by atoms with Gasteiger partial charge in [0.15, 0.2) is 0 Å². The number of piperazine rings is 1. The quantitative estimate of drug-likeness (QED) is 0.725. The normalized spacial score (nSPS) is 20.9. The van der Waals surface area contributed by atoms with Crippen LogP contribution in [0, 0.1) is 18.8 Å². The van der Waals surface area contributed by atoms with Gasteiger partial charge < -0.3 is 20.2 Å². The molecule has 1 heterocycles. The van der Waals surface area contributed by atoms with Crippen LogP contribution in [0.15, 0.2) is 48.5 Å². The second-order valence-corrected chi connectivity index (χ2v) is 8.99. The lowest BCUT2D eigenvalue weighted by molar-refractivity contribution is -0.147. The third kappa shape index (κ3) is 5.18. The van der Waals surface area contributed by atoms with Gasteiger partial charge in [-0.3, -0.25) is 14.4 Å². The maximum Gasteiger partial charge on any atom is 0.307 e. The highest BCUT2D eigenvalue weighted by atomic mass is 16.4. The lowest BCUT2D eigenvalue weighted by Gasteiger charge is -2.36. The summed E-state index contributed by atoms with van der Waals surface area (Å²) in [5, 5.41) is 12.4. The minimum absolute atomic E-state index is 0.117. The SMILES string of the molecule is Cc1cccc(N2CCN(C(=O)c3ccccc3NC(=O)[C@@H]3CCCC[C@@H]3C(=O)O)CC2)c1. The maximum absolute atomic E-state index is 13.3. The summed E-state index contributed by atoms with van der Waals surface area (Å²) < 4.78 is 0. The molecule has 2 atom stereocenters. The minimum Gasteiger partial charge on any atom is -0.481 e. The van der Waals surface area contributed by atoms with Gasteiger partial charge in [0.05, 0.1) is 23.1 Å². The van der Waals surface area contributed by atoms with E-state index in [0.717, 1.165) is 31.6 Å². The van der Waals surface area contributed by atoms with Crippen molar-refractivity contribution in [3.63, 3.8) is 0 Å². The number of carboxylic acid groups (broad SMARTS) is 1. The van der Waals surface area contributed by atoms with Gasteiger partial charge in [0.2, 0.25) is 5.91 Å². The molecule has 2 amide bonds. The topological polar surface area (TPSA) is 90.0 Å². The van der Waals surface area contributed by atoms with Crippen molar-refractivity contribution >= 4 is 29.2 Å². The van der Waals surface area contributed by atoms with Gasteiger partial charge in [0, 0.05) is 31.9 Å². The van der Waals surface area contributed by atoms with Gasteiger partial charge in [-0.25, -0.2) is 0 Å². The Bertz CT molecular complexity index is 1030. The number of para-hydroxylation sites is 1. The number of carboxylic acids is 1. The number of benzene rings is 2. The molecule has 7 heteroatoms. The Morgan fingerprint density at radius 1 is 0.909 bits per heavy atom. The number of carbonyl (C=O) groups is 3. The van der Waals surface area contributed by atoms with Crippen molar-refractivity contribution in [3.8, 4) is 0 Å². The largest absolute Gasteiger partial charge is 0.481 e. The van der Waals surface area contributed by atoms with Crippen LogP contribution >= 0.6 is 0 Å². The summed E-state index contributed by atoms with van der Waals surface area (Å²) in [4.78, 5) is 42.0. The van der Waals surface area contributed by atoms with E-state index >= 15 is 0 Å². The number of amides is 2. The van der Waals surface area contributed by atoms with Gasteiger partial charge in [-0.2, -0.15) is 0 Å². The first-order chi connectivity index (χ1) is 15.9. The lowest BCUT2D eigenvalue weighted by atomic mass is 9.78. The molecule has 174 valence electrons. The highest BCUT2D eigenvalue weighted by Crippen LogP contribution is 2.32. The summed E-state index contributed by atoms with van der Waals surface area (Å²) in [6.07, 6.45) is 2.73. The molecule has 7 nitrogen and oxygen atoms in total. The zero-order valence-corrected chi connectivity index (χ0v) is 19.0. The van der Waals surface area contributed by atoms with E-state index in [1.54, 1.807) is 24.3 Å². The molecule has 0 spiro atoms. The van der Waals surface area contributed by atoms with Gasteiger partial charge in [0.1, 0.15) is 0 Å². The van der Waals surface area contributed by atoms with E-state index in [-0.39, 0.29) is 11.8 Å². The Morgan fingerprint density at radius 3 is 2.30 bits per heavy atom. The summed E-state index contributed by atoms with van der Waals surface area (Å²) in [6, 6.07) is 15.4. The Balaban J connectivity index is 1.43. The number of anilines is 2. The smallest absolute Gasteiger partial charge is 0.307 e. The van der Waals surface area contributed by atoms with Crippen LogP contribution in [0.25, 0.3) is 0 Å². The van der Waals surface area contributed by atoms with Crippen LogP contribution in [0.3, 0.4) is 0 Å². The number of hydrogen-bond donors (Lipinski definition) is 2. The molecular weight excluding hydrogens is 418 g/mol. The molecule has 2 aromatic carbocycles. The number of hydrogen-bond acceptors (Lipinski definition) is 4. The molecule has 0 bridgehead atoms. The van der Waals surface area contributed by atoms with Crippen LogP contribution in [0.2, 0.25) is 0 Å². The molecule has 2 fully saturated rings. The maximum atomic E-state index is 13.3. The fourth-order valence-electron chi connectivity index (χ4n) is 4.91. The van der Waals surface area contributed by atoms with Crippen molar-refractivity contribution in [3.05, 3.63) is 59.7 Å². The molecule has 0 unspecified atom stereocenters. The van der Waals surface area contributed by atoms with Crippen molar-refractivity contribution in [1.29, 1.82) is 0 Å². The van der Waals surface area contributed by atoms with Crippen molar-refractivity contribution in [2.75, 3.05) is 36.4 Å². The highest BCUT2D eigenvalue weighted by Gasteiger charge is 2.36. The summed E-state index contributed by atoms with van der Waals surface area (Å²) in [5.41, 5.74) is 3.26. The zero-order valence-electron chi connectivity index (χ0n) is 19.0. The predicted octanol–water partition coefficient (Wildman–Crippen LogP) is 3.79. The molecule has 2 aromatic rings. The fourth-order valence-corrected chi connectivity index (χ4v) is 4.91. The van der Waals surface area contributed by atoms with Crippen LogP contribution < -0.4 is 10.2 Å². The number of aryl methyl sites for hydroxylation is 1. The Morgan fingerprint density at radius 2 is 1.61 bits per heavy atom. The third-order valence-corrected chi connectivity index (χ3v) is 6.77. The first-order valence-electron chi connectivity index (χ1n) is 11.7. The van der Waals surface area contributed by atoms with Crippen molar-refractivity contribution < 1.29 is 19.5 Å². The van der Waals surface area contributed by atoms with Crippen molar-refractivity contribution in [2.45, 2.75) is 32.6 Å². The number of carbonyl (C=O) groups excluding carboxylic acids is 2. The second-order valence-electron chi connectivity index (χ2n) is 8.99. The third-order valence-electron chi connectivity index (χ3n) is 6.77. The molecule has 4 rings (SSSR count). The molecule has 1 saturated heterocycles. The number of nitrogens with zero attached hydrogens (tertiary/aromatic N) is 2. The Hall–Kier alpha value is -3.35. The van der Waals surface area contributed by atoms with Gasteiger partial charge >= 0.3 is 5.97 Å². The van der Waals surface area contributed by atoms with Crippen molar-refractivity contribution in [1.82, 2.24) is 4.90 Å². The molecule has 2 aliphatic rings. The molecule has 2 N–H and O–H groups in total. The molecule has 0 aromatic heterocycles. The highest BCUT2D eigenvalue weighted by molar-refractivity contribution is 6.04. The van der Waals surface area contributed by atoms with E-state index in [4.69, 9.17) is 0 Å². The van der Waals surface area contributed by atoms with Crippen LogP contribution in [0.5, 0.6) is 0 Å². The molecule has 33 heavy (non-hydrogen) atoms. The fraction of sp³-hybridized carbons (Fsp3) is 0.423. The van der Waals surface area contributed by atoms with Gasteiger partial charge in [-0.1, -0.05) is 37.1 Å².